The van der Waals surface area contributed by atoms with Gasteiger partial charge >= 0.3 is 5.97 Å². The van der Waals surface area contributed by atoms with Gasteiger partial charge in [0.15, 0.2) is 0 Å². The third kappa shape index (κ3) is 3.11. The van der Waals surface area contributed by atoms with E-state index in [1.54, 1.807) is 32.5 Å². The molecular formula is C11H17ClN2O3S. The summed E-state index contributed by atoms with van der Waals surface area (Å²) in [6, 6.07) is 0. The Bertz CT molecular complexity index is 485. The van der Waals surface area contributed by atoms with Crippen LogP contribution in [-0.2, 0) is 28.4 Å². The van der Waals surface area contributed by atoms with Crippen molar-refractivity contribution in [3.05, 3.63) is 16.4 Å². The summed E-state index contributed by atoms with van der Waals surface area (Å²) in [4.78, 5) is 11.1. The molecule has 0 aliphatic heterocycles. The number of aryl methyl sites for hydroxylation is 2. The predicted molar refractivity (Wildman–Crippen MR) is 71.1 cm³/mol. The highest BCUT2D eigenvalue weighted by atomic mass is 35.5. The number of nitrogens with zero attached hydrogens (tertiary/aromatic N) is 2. The zero-order valence-electron chi connectivity index (χ0n) is 10.8. The molecule has 2 unspecified atom stereocenters. The minimum Gasteiger partial charge on any atom is -0.480 e. The topological polar surface area (TPSA) is 72.2 Å². The van der Waals surface area contributed by atoms with E-state index in [2.05, 4.69) is 5.10 Å². The van der Waals surface area contributed by atoms with E-state index in [9.17, 15) is 9.00 Å². The molecule has 0 aromatic carbocycles. The van der Waals surface area contributed by atoms with E-state index in [4.69, 9.17) is 16.7 Å². The van der Waals surface area contributed by atoms with E-state index in [1.165, 1.54) is 0 Å². The van der Waals surface area contributed by atoms with Gasteiger partial charge in [0.25, 0.3) is 0 Å². The molecule has 5 nitrogen and oxygen atoms in total. The van der Waals surface area contributed by atoms with Gasteiger partial charge in [-0.15, -0.1) is 0 Å². The molecule has 1 aromatic rings. The van der Waals surface area contributed by atoms with Crippen molar-refractivity contribution < 1.29 is 14.1 Å². The summed E-state index contributed by atoms with van der Waals surface area (Å²) < 4.78 is 13.7. The molecule has 0 spiro atoms. The van der Waals surface area contributed by atoms with Crippen LogP contribution in [0.4, 0.5) is 0 Å². The largest absolute Gasteiger partial charge is 0.480 e. The number of hydrogen-bond donors (Lipinski definition) is 1. The second kappa shape index (κ2) is 5.84. The van der Waals surface area contributed by atoms with Crippen LogP contribution in [0.5, 0.6) is 0 Å². The fraction of sp³-hybridized carbons (Fsp3) is 0.636. The zero-order chi connectivity index (χ0) is 14.0. The average Bonchev–Trinajstić information content (AvgIpc) is 2.44. The molecule has 0 fully saturated rings. The molecule has 102 valence electrons. The normalized spacial score (nSPS) is 14.8. The van der Waals surface area contributed by atoms with Crippen LogP contribution < -0.4 is 0 Å². The molecule has 1 N–H and O–H groups in total. The molecule has 0 aliphatic rings. The third-order valence-electron chi connectivity index (χ3n) is 2.67. The van der Waals surface area contributed by atoms with Crippen LogP contribution in [-0.4, -0.2) is 30.3 Å². The number of hydrogen-bond acceptors (Lipinski definition) is 3. The van der Waals surface area contributed by atoms with Crippen LogP contribution in [0.15, 0.2) is 0 Å². The first-order valence-electron chi connectivity index (χ1n) is 5.53. The van der Waals surface area contributed by atoms with Crippen LogP contribution in [0.3, 0.4) is 0 Å². The van der Waals surface area contributed by atoms with Gasteiger partial charge in [0.1, 0.15) is 5.25 Å². The summed E-state index contributed by atoms with van der Waals surface area (Å²) >= 11 is 6.06. The molecule has 0 bridgehead atoms. The summed E-state index contributed by atoms with van der Waals surface area (Å²) in [5.41, 5.74) is 1.27. The lowest BCUT2D eigenvalue weighted by Crippen LogP contribution is -2.32. The molecule has 1 rings (SSSR count). The minimum absolute atomic E-state index is 0.103. The Morgan fingerprint density at radius 3 is 2.44 bits per heavy atom. The van der Waals surface area contributed by atoms with E-state index in [0.717, 1.165) is 0 Å². The molecule has 18 heavy (non-hydrogen) atoms. The maximum absolute atomic E-state index is 12.1. The van der Waals surface area contributed by atoms with E-state index in [1.807, 2.05) is 0 Å². The van der Waals surface area contributed by atoms with Gasteiger partial charge in [0.05, 0.1) is 22.2 Å². The van der Waals surface area contributed by atoms with Crippen molar-refractivity contribution in [2.75, 3.05) is 0 Å². The molecule has 1 heterocycles. The smallest absolute Gasteiger partial charge is 0.319 e. The van der Waals surface area contributed by atoms with Gasteiger partial charge in [-0.1, -0.05) is 25.4 Å². The van der Waals surface area contributed by atoms with Gasteiger partial charge in [-0.05, 0) is 12.8 Å². The minimum atomic E-state index is -1.52. The van der Waals surface area contributed by atoms with Crippen molar-refractivity contribution in [1.29, 1.82) is 0 Å². The molecule has 0 radical (unpaired) electrons. The van der Waals surface area contributed by atoms with Crippen molar-refractivity contribution in [1.82, 2.24) is 9.78 Å². The quantitative estimate of drug-likeness (QED) is 0.897. The van der Waals surface area contributed by atoms with E-state index >= 15 is 0 Å². The monoisotopic (exact) mass is 292 g/mol. The van der Waals surface area contributed by atoms with E-state index in [0.29, 0.717) is 16.4 Å². The number of halogens is 1. The van der Waals surface area contributed by atoms with Crippen LogP contribution in [0.25, 0.3) is 0 Å². The molecule has 1 aromatic heterocycles. The summed E-state index contributed by atoms with van der Waals surface area (Å²) in [5.74, 6) is -1.14. The molecular weight excluding hydrogens is 276 g/mol. The lowest BCUT2D eigenvalue weighted by Gasteiger charge is -2.15. The molecule has 2 atom stereocenters. The Morgan fingerprint density at radius 2 is 2.11 bits per heavy atom. The Balaban J connectivity index is 2.96. The predicted octanol–water partition coefficient (Wildman–Crippen LogP) is 1.74. The highest BCUT2D eigenvalue weighted by Crippen LogP contribution is 2.23. The van der Waals surface area contributed by atoms with Crippen LogP contribution in [0.1, 0.15) is 25.2 Å². The number of aromatic nitrogens is 2. The molecule has 7 heteroatoms. The Morgan fingerprint density at radius 1 is 1.56 bits per heavy atom. The number of carboxylic acid groups (broad SMARTS) is 1. The van der Waals surface area contributed by atoms with Crippen molar-refractivity contribution in [2.24, 2.45) is 13.0 Å². The van der Waals surface area contributed by atoms with Gasteiger partial charge in [-0.25, -0.2) is 0 Å². The molecule has 0 amide bonds. The Hall–Kier alpha value is -0.880. The second-order valence-electron chi connectivity index (χ2n) is 4.50. The fourth-order valence-corrected chi connectivity index (χ4v) is 3.68. The summed E-state index contributed by atoms with van der Waals surface area (Å²) in [7, 11) is 0.184. The molecule has 0 saturated heterocycles. The van der Waals surface area contributed by atoms with Crippen LogP contribution in [0, 0.1) is 12.8 Å². The number of aliphatic carboxylic acids is 1. The lowest BCUT2D eigenvalue weighted by molar-refractivity contribution is -0.137. The summed E-state index contributed by atoms with van der Waals surface area (Å²) in [5, 5.41) is 12.8. The highest BCUT2D eigenvalue weighted by Gasteiger charge is 2.29. The Kier molecular flexibility index (Phi) is 4.92. The number of carboxylic acids is 1. The second-order valence-corrected chi connectivity index (χ2v) is 6.43. The van der Waals surface area contributed by atoms with Crippen LogP contribution >= 0.6 is 11.6 Å². The highest BCUT2D eigenvalue weighted by molar-refractivity contribution is 7.85. The van der Waals surface area contributed by atoms with Crippen LogP contribution in [0.2, 0.25) is 5.02 Å². The van der Waals surface area contributed by atoms with Crippen molar-refractivity contribution in [3.8, 4) is 0 Å². The van der Waals surface area contributed by atoms with Crippen molar-refractivity contribution in [3.63, 3.8) is 0 Å². The maximum atomic E-state index is 12.1. The number of carbonyl (C=O) groups is 1. The lowest BCUT2D eigenvalue weighted by atomic mass is 10.1. The standard InChI is InChI=1S/C11H17ClN2O3S/c1-6(2)10(11(15)16)18(17)5-8-9(12)7(3)13-14(8)4/h6,10H,5H2,1-4H3,(H,15,16). The van der Waals surface area contributed by atoms with Gasteiger partial charge in [0, 0.05) is 17.8 Å². The maximum Gasteiger partial charge on any atom is 0.319 e. The first kappa shape index (κ1) is 15.2. The average molecular weight is 293 g/mol. The van der Waals surface area contributed by atoms with Gasteiger partial charge < -0.3 is 5.11 Å². The van der Waals surface area contributed by atoms with E-state index < -0.39 is 22.0 Å². The number of rotatable bonds is 5. The SMILES string of the molecule is Cc1nn(C)c(CS(=O)C(C(=O)O)C(C)C)c1Cl. The summed E-state index contributed by atoms with van der Waals surface area (Å²) in [6.07, 6.45) is 0. The van der Waals surface area contributed by atoms with E-state index in [-0.39, 0.29) is 11.7 Å². The Labute approximate surface area is 114 Å². The third-order valence-corrected chi connectivity index (χ3v) is 5.03. The summed E-state index contributed by atoms with van der Waals surface area (Å²) in [6.45, 7) is 5.24. The van der Waals surface area contributed by atoms with Gasteiger partial charge in [0.2, 0.25) is 0 Å². The first-order valence-corrected chi connectivity index (χ1v) is 7.29. The zero-order valence-corrected chi connectivity index (χ0v) is 12.4. The van der Waals surface area contributed by atoms with Gasteiger partial charge in [-0.2, -0.15) is 5.10 Å². The fourth-order valence-electron chi connectivity index (χ4n) is 1.76. The first-order chi connectivity index (χ1) is 8.25. The molecule has 0 aliphatic carbocycles. The van der Waals surface area contributed by atoms with Crippen molar-refractivity contribution in [2.45, 2.75) is 31.8 Å². The molecule has 0 saturated carbocycles. The van der Waals surface area contributed by atoms with Gasteiger partial charge in [-0.3, -0.25) is 13.7 Å². The van der Waals surface area contributed by atoms with Crippen molar-refractivity contribution >= 4 is 28.4 Å².